The normalized spacial score (nSPS) is 14.6. The number of para-hydroxylation sites is 1. The van der Waals surface area contributed by atoms with Gasteiger partial charge in [-0.25, -0.2) is 21.2 Å². The van der Waals surface area contributed by atoms with Crippen molar-refractivity contribution in [2.24, 2.45) is 0 Å². The van der Waals surface area contributed by atoms with Gasteiger partial charge in [0.1, 0.15) is 5.82 Å². The standard InChI is InChI=1S/C23H21ClFN3O5S2/c24-20-12-11-18(35(32,33)28-13-3-4-14-28)15-22(20)26-23(29)19-5-1-2-6-21(19)27-34(30,31)17-9-7-16(25)8-10-17/h1-2,5-12,15,27H,3-4,13-14H2,(H,26,29). The van der Waals surface area contributed by atoms with Crippen molar-refractivity contribution in [2.75, 3.05) is 23.1 Å². The summed E-state index contributed by atoms with van der Waals surface area (Å²) in [6, 6.07) is 14.1. The highest BCUT2D eigenvalue weighted by Crippen LogP contribution is 2.30. The summed E-state index contributed by atoms with van der Waals surface area (Å²) in [5.41, 5.74) is 0.0153. The van der Waals surface area contributed by atoms with Gasteiger partial charge in [0.05, 0.1) is 31.8 Å². The molecule has 0 aliphatic carbocycles. The van der Waals surface area contributed by atoms with E-state index in [1.54, 1.807) is 6.07 Å². The summed E-state index contributed by atoms with van der Waals surface area (Å²) in [6.45, 7) is 0.850. The van der Waals surface area contributed by atoms with Crippen LogP contribution in [0.15, 0.2) is 76.5 Å². The Bertz CT molecular complexity index is 1470. The maximum atomic E-state index is 13.2. The van der Waals surface area contributed by atoms with E-state index in [1.807, 2.05) is 0 Å². The van der Waals surface area contributed by atoms with Crippen molar-refractivity contribution < 1.29 is 26.0 Å². The number of amides is 1. The first-order valence-corrected chi connectivity index (χ1v) is 13.9. The molecule has 0 atom stereocenters. The maximum absolute atomic E-state index is 13.2. The van der Waals surface area contributed by atoms with Gasteiger partial charge in [-0.05, 0) is 67.4 Å². The van der Waals surface area contributed by atoms with E-state index in [9.17, 15) is 26.0 Å². The second-order valence-electron chi connectivity index (χ2n) is 7.81. The van der Waals surface area contributed by atoms with E-state index in [-0.39, 0.29) is 31.8 Å². The third-order valence-corrected chi connectivity index (χ3v) is 9.03. The molecule has 1 fully saturated rings. The summed E-state index contributed by atoms with van der Waals surface area (Å²) < 4.78 is 68.1. The molecule has 3 aromatic rings. The van der Waals surface area contributed by atoms with Crippen LogP contribution in [-0.4, -0.2) is 40.1 Å². The topological polar surface area (TPSA) is 113 Å². The quantitative estimate of drug-likeness (QED) is 0.466. The second-order valence-corrected chi connectivity index (χ2v) is 11.8. The Hall–Kier alpha value is -2.99. The first-order chi connectivity index (χ1) is 16.6. The van der Waals surface area contributed by atoms with E-state index >= 15 is 0 Å². The molecule has 12 heteroatoms. The van der Waals surface area contributed by atoms with Crippen LogP contribution in [0, 0.1) is 5.82 Å². The molecular weight excluding hydrogens is 517 g/mol. The van der Waals surface area contributed by atoms with E-state index < -0.39 is 31.8 Å². The van der Waals surface area contributed by atoms with E-state index in [4.69, 9.17) is 11.6 Å². The Kier molecular flexibility index (Phi) is 7.13. The molecule has 0 saturated carbocycles. The van der Waals surface area contributed by atoms with Crippen LogP contribution >= 0.6 is 11.6 Å². The van der Waals surface area contributed by atoms with Crippen molar-refractivity contribution >= 4 is 48.9 Å². The van der Waals surface area contributed by atoms with Gasteiger partial charge in [0.15, 0.2) is 0 Å². The molecule has 4 rings (SSSR count). The fourth-order valence-corrected chi connectivity index (χ4v) is 6.40. The summed E-state index contributed by atoms with van der Waals surface area (Å²) in [4.78, 5) is 12.9. The third kappa shape index (κ3) is 5.48. The van der Waals surface area contributed by atoms with Gasteiger partial charge in [0.2, 0.25) is 10.0 Å². The molecule has 1 aliphatic rings. The molecule has 0 aromatic heterocycles. The zero-order chi connectivity index (χ0) is 25.2. The first kappa shape index (κ1) is 25.1. The Balaban J connectivity index is 1.60. The van der Waals surface area contributed by atoms with E-state index in [2.05, 4.69) is 10.0 Å². The predicted octanol–water partition coefficient (Wildman–Crippen LogP) is 4.32. The Morgan fingerprint density at radius 3 is 2.17 bits per heavy atom. The summed E-state index contributed by atoms with van der Waals surface area (Å²) in [5, 5.41) is 2.68. The average molecular weight is 538 g/mol. The van der Waals surface area contributed by atoms with Gasteiger partial charge in [-0.3, -0.25) is 9.52 Å². The molecule has 184 valence electrons. The zero-order valence-corrected chi connectivity index (χ0v) is 20.6. The van der Waals surface area contributed by atoms with Gasteiger partial charge in [-0.2, -0.15) is 4.31 Å². The van der Waals surface area contributed by atoms with Crippen molar-refractivity contribution in [3.8, 4) is 0 Å². The molecule has 0 radical (unpaired) electrons. The second kappa shape index (κ2) is 9.94. The molecule has 1 saturated heterocycles. The minimum Gasteiger partial charge on any atom is -0.321 e. The molecule has 1 aliphatic heterocycles. The highest BCUT2D eigenvalue weighted by molar-refractivity contribution is 7.92. The summed E-state index contributed by atoms with van der Waals surface area (Å²) in [7, 11) is -7.85. The molecule has 2 N–H and O–H groups in total. The number of hydrogen-bond acceptors (Lipinski definition) is 5. The Morgan fingerprint density at radius 2 is 1.49 bits per heavy atom. The van der Waals surface area contributed by atoms with Crippen molar-refractivity contribution in [1.82, 2.24) is 4.31 Å². The van der Waals surface area contributed by atoms with Gasteiger partial charge in [-0.15, -0.1) is 0 Å². The summed E-state index contributed by atoms with van der Waals surface area (Å²) in [6.07, 6.45) is 1.56. The Labute approximate surface area is 207 Å². The fourth-order valence-electron chi connectivity index (χ4n) is 3.62. The predicted molar refractivity (Wildman–Crippen MR) is 131 cm³/mol. The number of halogens is 2. The number of carbonyl (C=O) groups excluding carboxylic acids is 1. The minimum absolute atomic E-state index is 0.00982. The molecule has 0 spiro atoms. The van der Waals surface area contributed by atoms with Crippen LogP contribution in [0.1, 0.15) is 23.2 Å². The third-order valence-electron chi connectivity index (χ3n) is 5.43. The number of rotatable bonds is 7. The number of carbonyl (C=O) groups is 1. The Morgan fingerprint density at radius 1 is 0.857 bits per heavy atom. The number of hydrogen-bond donors (Lipinski definition) is 2. The van der Waals surface area contributed by atoms with E-state index in [0.29, 0.717) is 13.1 Å². The fraction of sp³-hybridized carbons (Fsp3) is 0.174. The lowest BCUT2D eigenvalue weighted by atomic mass is 10.1. The maximum Gasteiger partial charge on any atom is 0.261 e. The molecule has 3 aromatic carbocycles. The molecular formula is C23H21ClFN3O5S2. The molecule has 35 heavy (non-hydrogen) atoms. The van der Waals surface area contributed by atoms with Crippen LogP contribution in [-0.2, 0) is 20.0 Å². The van der Waals surface area contributed by atoms with E-state index in [0.717, 1.165) is 37.1 Å². The largest absolute Gasteiger partial charge is 0.321 e. The smallest absolute Gasteiger partial charge is 0.261 e. The lowest BCUT2D eigenvalue weighted by molar-refractivity contribution is 0.102. The number of nitrogens with one attached hydrogen (secondary N) is 2. The molecule has 8 nitrogen and oxygen atoms in total. The number of sulfonamides is 2. The lowest BCUT2D eigenvalue weighted by Gasteiger charge is -2.17. The van der Waals surface area contributed by atoms with Crippen LogP contribution in [0.25, 0.3) is 0 Å². The van der Waals surface area contributed by atoms with Gasteiger partial charge in [0.25, 0.3) is 15.9 Å². The monoisotopic (exact) mass is 537 g/mol. The number of nitrogens with zero attached hydrogens (tertiary/aromatic N) is 1. The average Bonchev–Trinajstić information content (AvgIpc) is 3.37. The van der Waals surface area contributed by atoms with E-state index in [1.165, 1.54) is 40.7 Å². The summed E-state index contributed by atoms with van der Waals surface area (Å²) in [5.74, 6) is -1.30. The summed E-state index contributed by atoms with van der Waals surface area (Å²) >= 11 is 6.21. The van der Waals surface area contributed by atoms with Crippen molar-refractivity contribution in [2.45, 2.75) is 22.6 Å². The van der Waals surface area contributed by atoms with Crippen LogP contribution in [0.4, 0.5) is 15.8 Å². The van der Waals surface area contributed by atoms with Gasteiger partial charge < -0.3 is 5.32 Å². The van der Waals surface area contributed by atoms with Crippen LogP contribution in [0.2, 0.25) is 5.02 Å². The molecule has 1 amide bonds. The van der Waals surface area contributed by atoms with Crippen molar-refractivity contribution in [3.05, 3.63) is 83.1 Å². The van der Waals surface area contributed by atoms with Gasteiger partial charge in [0, 0.05) is 13.1 Å². The number of anilines is 2. The molecule has 0 bridgehead atoms. The first-order valence-electron chi connectivity index (χ1n) is 10.6. The molecule has 0 unspecified atom stereocenters. The van der Waals surface area contributed by atoms with Gasteiger partial charge >= 0.3 is 0 Å². The van der Waals surface area contributed by atoms with Gasteiger partial charge in [-0.1, -0.05) is 23.7 Å². The molecule has 1 heterocycles. The highest BCUT2D eigenvalue weighted by Gasteiger charge is 2.28. The minimum atomic E-state index is -4.11. The highest BCUT2D eigenvalue weighted by atomic mass is 35.5. The van der Waals surface area contributed by atoms with Crippen LogP contribution in [0.3, 0.4) is 0 Å². The number of benzene rings is 3. The van der Waals surface area contributed by atoms with Crippen molar-refractivity contribution in [3.63, 3.8) is 0 Å². The van der Waals surface area contributed by atoms with Crippen molar-refractivity contribution in [1.29, 1.82) is 0 Å². The lowest BCUT2D eigenvalue weighted by Crippen LogP contribution is -2.28. The SMILES string of the molecule is O=C(Nc1cc(S(=O)(=O)N2CCCC2)ccc1Cl)c1ccccc1NS(=O)(=O)c1ccc(F)cc1. The van der Waals surface area contributed by atoms with Crippen LogP contribution in [0.5, 0.6) is 0 Å². The van der Waals surface area contributed by atoms with Crippen LogP contribution < -0.4 is 10.0 Å². The zero-order valence-electron chi connectivity index (χ0n) is 18.2.